The SMILES string of the molecule is CCCNC(=O)c1c(C(=O)Nc2c(CC)ccc(Cl)c2CC)c2ccccc2n1C. The molecule has 0 spiro atoms. The van der Waals surface area contributed by atoms with Gasteiger partial charge in [-0.05, 0) is 42.5 Å². The van der Waals surface area contributed by atoms with Crippen LogP contribution in [-0.2, 0) is 19.9 Å². The fraction of sp³-hybridized carbons (Fsp3) is 0.333. The van der Waals surface area contributed by atoms with Gasteiger partial charge in [-0.15, -0.1) is 0 Å². The second-order valence-electron chi connectivity index (χ2n) is 7.28. The van der Waals surface area contributed by atoms with Crippen molar-refractivity contribution in [3.05, 3.63) is 63.8 Å². The van der Waals surface area contributed by atoms with Crippen LogP contribution in [0.1, 0.15) is 59.2 Å². The first kappa shape index (κ1) is 21.9. The van der Waals surface area contributed by atoms with Gasteiger partial charge in [0.15, 0.2) is 0 Å². The second kappa shape index (κ2) is 9.35. The molecule has 5 nitrogen and oxygen atoms in total. The van der Waals surface area contributed by atoms with Gasteiger partial charge in [0, 0.05) is 35.2 Å². The minimum atomic E-state index is -0.305. The lowest BCUT2D eigenvalue weighted by molar-refractivity contribution is 0.0933. The molecule has 2 N–H and O–H groups in total. The van der Waals surface area contributed by atoms with Gasteiger partial charge in [0.1, 0.15) is 5.69 Å². The topological polar surface area (TPSA) is 63.1 Å². The Bertz CT molecular complexity index is 1100. The van der Waals surface area contributed by atoms with Crippen LogP contribution < -0.4 is 10.6 Å². The monoisotopic (exact) mass is 425 g/mol. The molecule has 3 rings (SSSR count). The molecule has 0 radical (unpaired) electrons. The van der Waals surface area contributed by atoms with Gasteiger partial charge in [0.2, 0.25) is 0 Å². The van der Waals surface area contributed by atoms with Crippen LogP contribution in [0.25, 0.3) is 10.9 Å². The Balaban J connectivity index is 2.14. The first-order valence-electron chi connectivity index (χ1n) is 10.4. The predicted molar refractivity (Wildman–Crippen MR) is 124 cm³/mol. The number of nitrogens with zero attached hydrogens (tertiary/aromatic N) is 1. The van der Waals surface area contributed by atoms with E-state index in [1.165, 1.54) is 0 Å². The number of benzene rings is 2. The third-order valence-electron chi connectivity index (χ3n) is 5.40. The molecule has 1 aromatic heterocycles. The van der Waals surface area contributed by atoms with Crippen LogP contribution in [0, 0.1) is 0 Å². The van der Waals surface area contributed by atoms with Crippen molar-refractivity contribution in [3.8, 4) is 0 Å². The molecular formula is C24H28ClN3O2. The lowest BCUT2D eigenvalue weighted by atomic mass is 10.0. The lowest BCUT2D eigenvalue weighted by Crippen LogP contribution is -2.29. The number of carbonyl (C=O) groups excluding carboxylic acids is 2. The minimum absolute atomic E-state index is 0.252. The summed E-state index contributed by atoms with van der Waals surface area (Å²) in [6, 6.07) is 11.4. The lowest BCUT2D eigenvalue weighted by Gasteiger charge is -2.16. The summed E-state index contributed by atoms with van der Waals surface area (Å²) in [7, 11) is 1.81. The Kier molecular flexibility index (Phi) is 6.83. The summed E-state index contributed by atoms with van der Waals surface area (Å²) >= 11 is 6.41. The highest BCUT2D eigenvalue weighted by Gasteiger charge is 2.26. The summed E-state index contributed by atoms with van der Waals surface area (Å²) in [5.74, 6) is -0.557. The Labute approximate surface area is 182 Å². The van der Waals surface area contributed by atoms with Crippen molar-refractivity contribution in [2.45, 2.75) is 40.0 Å². The van der Waals surface area contributed by atoms with Crippen LogP contribution >= 0.6 is 11.6 Å². The number of fused-ring (bicyclic) bond motifs is 1. The van der Waals surface area contributed by atoms with E-state index in [2.05, 4.69) is 10.6 Å². The summed E-state index contributed by atoms with van der Waals surface area (Å²) in [6.45, 7) is 6.60. The number of anilines is 1. The Hall–Kier alpha value is -2.79. The number of aromatic nitrogens is 1. The highest BCUT2D eigenvalue weighted by atomic mass is 35.5. The third kappa shape index (κ3) is 3.94. The van der Waals surface area contributed by atoms with Gasteiger partial charge in [-0.3, -0.25) is 9.59 Å². The van der Waals surface area contributed by atoms with Crippen LogP contribution in [0.4, 0.5) is 5.69 Å². The Morgan fingerprint density at radius 1 is 1.00 bits per heavy atom. The largest absolute Gasteiger partial charge is 0.351 e. The number of halogens is 1. The van der Waals surface area contributed by atoms with E-state index in [0.29, 0.717) is 29.2 Å². The predicted octanol–water partition coefficient (Wildman–Crippen LogP) is 5.35. The number of hydrogen-bond acceptors (Lipinski definition) is 2. The normalized spacial score (nSPS) is 11.0. The summed E-state index contributed by atoms with van der Waals surface area (Å²) in [6.07, 6.45) is 2.28. The van der Waals surface area contributed by atoms with Crippen molar-refractivity contribution in [2.75, 3.05) is 11.9 Å². The quantitative estimate of drug-likeness (QED) is 0.536. The number of amides is 2. The van der Waals surface area contributed by atoms with Crippen molar-refractivity contribution in [1.82, 2.24) is 9.88 Å². The molecule has 158 valence electrons. The number of carbonyl (C=O) groups is 2. The molecule has 2 aromatic carbocycles. The van der Waals surface area contributed by atoms with Crippen LogP contribution in [-0.4, -0.2) is 22.9 Å². The van der Waals surface area contributed by atoms with Crippen molar-refractivity contribution < 1.29 is 9.59 Å². The summed E-state index contributed by atoms with van der Waals surface area (Å²) in [5.41, 5.74) is 4.24. The average Bonchev–Trinajstić information content (AvgIpc) is 3.05. The highest BCUT2D eigenvalue weighted by Crippen LogP contribution is 2.32. The number of hydrogen-bond donors (Lipinski definition) is 2. The van der Waals surface area contributed by atoms with E-state index in [1.807, 2.05) is 64.2 Å². The van der Waals surface area contributed by atoms with E-state index in [1.54, 1.807) is 4.57 Å². The van der Waals surface area contributed by atoms with Crippen LogP contribution in [0.2, 0.25) is 5.02 Å². The highest BCUT2D eigenvalue weighted by molar-refractivity contribution is 6.32. The first-order valence-corrected chi connectivity index (χ1v) is 10.8. The van der Waals surface area contributed by atoms with Gasteiger partial charge in [-0.1, -0.05) is 56.6 Å². The number of nitrogens with one attached hydrogen (secondary N) is 2. The van der Waals surface area contributed by atoms with E-state index in [-0.39, 0.29) is 11.8 Å². The van der Waals surface area contributed by atoms with Gasteiger partial charge in [-0.25, -0.2) is 0 Å². The first-order chi connectivity index (χ1) is 14.4. The van der Waals surface area contributed by atoms with Crippen molar-refractivity contribution in [1.29, 1.82) is 0 Å². The molecule has 3 aromatic rings. The minimum Gasteiger partial charge on any atom is -0.351 e. The zero-order chi connectivity index (χ0) is 21.8. The van der Waals surface area contributed by atoms with Crippen LogP contribution in [0.3, 0.4) is 0 Å². The number of rotatable bonds is 7. The number of aryl methyl sites for hydroxylation is 2. The molecule has 0 unspecified atom stereocenters. The molecule has 0 aliphatic heterocycles. The van der Waals surface area contributed by atoms with Crippen LogP contribution in [0.15, 0.2) is 36.4 Å². The number of para-hydroxylation sites is 1. The summed E-state index contributed by atoms with van der Waals surface area (Å²) in [5, 5.41) is 7.36. The molecule has 0 bridgehead atoms. The Morgan fingerprint density at radius 3 is 2.40 bits per heavy atom. The van der Waals surface area contributed by atoms with E-state index < -0.39 is 0 Å². The average molecular weight is 426 g/mol. The molecule has 0 fully saturated rings. The van der Waals surface area contributed by atoms with Crippen molar-refractivity contribution >= 4 is 40.0 Å². The van der Waals surface area contributed by atoms with Crippen molar-refractivity contribution in [3.63, 3.8) is 0 Å². The fourth-order valence-electron chi connectivity index (χ4n) is 3.85. The molecule has 0 atom stereocenters. The molecule has 0 aliphatic rings. The zero-order valence-corrected chi connectivity index (χ0v) is 18.7. The fourth-order valence-corrected chi connectivity index (χ4v) is 4.15. The molecule has 0 aliphatic carbocycles. The van der Waals surface area contributed by atoms with Crippen LogP contribution in [0.5, 0.6) is 0 Å². The van der Waals surface area contributed by atoms with E-state index >= 15 is 0 Å². The van der Waals surface area contributed by atoms with E-state index in [0.717, 1.165) is 40.6 Å². The van der Waals surface area contributed by atoms with E-state index in [4.69, 9.17) is 11.6 Å². The van der Waals surface area contributed by atoms with Gasteiger partial charge in [0.25, 0.3) is 11.8 Å². The van der Waals surface area contributed by atoms with E-state index in [9.17, 15) is 9.59 Å². The Morgan fingerprint density at radius 2 is 1.73 bits per heavy atom. The molecule has 0 saturated heterocycles. The van der Waals surface area contributed by atoms with Gasteiger partial charge in [-0.2, -0.15) is 0 Å². The molecule has 6 heteroatoms. The summed E-state index contributed by atoms with van der Waals surface area (Å²) < 4.78 is 1.79. The molecule has 1 heterocycles. The molecule has 2 amide bonds. The van der Waals surface area contributed by atoms with Crippen molar-refractivity contribution in [2.24, 2.45) is 7.05 Å². The second-order valence-corrected chi connectivity index (χ2v) is 7.68. The summed E-state index contributed by atoms with van der Waals surface area (Å²) in [4.78, 5) is 26.5. The zero-order valence-electron chi connectivity index (χ0n) is 17.9. The molecule has 0 saturated carbocycles. The maximum absolute atomic E-state index is 13.5. The molecule has 30 heavy (non-hydrogen) atoms. The van der Waals surface area contributed by atoms with Gasteiger partial charge in [0.05, 0.1) is 5.56 Å². The smallest absolute Gasteiger partial charge is 0.268 e. The molecular weight excluding hydrogens is 398 g/mol. The third-order valence-corrected chi connectivity index (χ3v) is 5.75. The van der Waals surface area contributed by atoms with Gasteiger partial charge < -0.3 is 15.2 Å². The maximum Gasteiger partial charge on any atom is 0.268 e. The maximum atomic E-state index is 13.5. The van der Waals surface area contributed by atoms with Gasteiger partial charge >= 0.3 is 0 Å². The standard InChI is InChI=1S/C24H28ClN3O2/c1-5-14-26-24(30)22-20(17-10-8-9-11-19(17)28(22)4)23(29)27-21-15(6-2)12-13-18(25)16(21)7-3/h8-13H,5-7,14H2,1-4H3,(H,26,30)(H,27,29).